The second kappa shape index (κ2) is 9.34. The van der Waals surface area contributed by atoms with E-state index in [1.54, 1.807) is 6.07 Å². The Labute approximate surface area is 206 Å². The molecular formula is C28H35FN2O4. The van der Waals surface area contributed by atoms with Gasteiger partial charge in [0.25, 0.3) is 0 Å². The van der Waals surface area contributed by atoms with Gasteiger partial charge < -0.3 is 19.5 Å². The van der Waals surface area contributed by atoms with Gasteiger partial charge in [-0.1, -0.05) is 32.0 Å². The molecule has 4 aliphatic heterocycles. The third kappa shape index (κ3) is 4.96. The first-order valence-corrected chi connectivity index (χ1v) is 12.6. The highest BCUT2D eigenvalue weighted by atomic mass is 19.1. The lowest BCUT2D eigenvalue weighted by Gasteiger charge is -2.44. The Bertz CT molecular complexity index is 1090. The summed E-state index contributed by atoms with van der Waals surface area (Å²) in [5.41, 5.74) is 2.16. The molecule has 0 aliphatic carbocycles. The van der Waals surface area contributed by atoms with Crippen molar-refractivity contribution in [1.29, 1.82) is 0 Å². The van der Waals surface area contributed by atoms with Crippen molar-refractivity contribution in [2.24, 2.45) is 11.3 Å². The smallest absolute Gasteiger partial charge is 0.407 e. The van der Waals surface area contributed by atoms with E-state index in [-0.39, 0.29) is 35.5 Å². The first-order valence-electron chi connectivity index (χ1n) is 12.6. The van der Waals surface area contributed by atoms with Gasteiger partial charge in [-0.25, -0.2) is 9.18 Å². The molecular weight excluding hydrogens is 447 g/mol. The lowest BCUT2D eigenvalue weighted by Crippen LogP contribution is -2.53. The lowest BCUT2D eigenvalue weighted by molar-refractivity contribution is -0.0361. The molecule has 2 bridgehead atoms. The van der Waals surface area contributed by atoms with E-state index in [4.69, 9.17) is 14.2 Å². The van der Waals surface area contributed by atoms with E-state index in [0.717, 1.165) is 49.2 Å². The minimum Gasteiger partial charge on any atom is -0.493 e. The highest BCUT2D eigenvalue weighted by molar-refractivity contribution is 5.70. The minimum atomic E-state index is -0.397. The first-order chi connectivity index (χ1) is 16.7. The van der Waals surface area contributed by atoms with Gasteiger partial charge in [-0.3, -0.25) is 4.90 Å². The maximum Gasteiger partial charge on any atom is 0.407 e. The number of nitrogens with zero attached hydrogens (tertiary/aromatic N) is 1. The molecule has 3 fully saturated rings. The molecule has 0 spiro atoms. The number of fused-ring (bicyclic) bond motifs is 4. The third-order valence-electron chi connectivity index (χ3n) is 7.45. The molecule has 4 aliphatic rings. The van der Waals surface area contributed by atoms with Crippen LogP contribution in [0.25, 0.3) is 11.1 Å². The topological polar surface area (TPSA) is 60.0 Å². The fourth-order valence-corrected chi connectivity index (χ4v) is 5.48. The minimum absolute atomic E-state index is 0.0418. The lowest BCUT2D eigenvalue weighted by atomic mass is 9.78. The summed E-state index contributed by atoms with van der Waals surface area (Å²) in [5, 5.41) is 3.13. The molecule has 35 heavy (non-hydrogen) atoms. The number of carbonyl (C=O) groups is 1. The SMILES string of the molecule is CC(C)Oc1ccc(-c2ccc3c(c2)OCC(C)(C)C3NC(=O)O[C@H]2CN3CCC2CC3)cc1F. The van der Waals surface area contributed by atoms with Crippen LogP contribution in [0, 0.1) is 17.2 Å². The van der Waals surface area contributed by atoms with Gasteiger partial charge in [-0.05, 0) is 75.0 Å². The molecule has 1 N–H and O–H groups in total. The number of ether oxygens (including phenoxy) is 3. The van der Waals surface area contributed by atoms with Crippen LogP contribution in [0.3, 0.4) is 0 Å². The van der Waals surface area contributed by atoms with Gasteiger partial charge >= 0.3 is 6.09 Å². The molecule has 0 aromatic heterocycles. The fourth-order valence-electron chi connectivity index (χ4n) is 5.48. The fraction of sp³-hybridized carbons (Fsp3) is 0.536. The maximum atomic E-state index is 14.6. The number of alkyl carbamates (subject to hydrolysis) is 1. The van der Waals surface area contributed by atoms with Crippen molar-refractivity contribution in [2.75, 3.05) is 26.2 Å². The zero-order valence-corrected chi connectivity index (χ0v) is 21.0. The average molecular weight is 483 g/mol. The Morgan fingerprint density at radius 1 is 1.14 bits per heavy atom. The summed E-state index contributed by atoms with van der Waals surface area (Å²) in [6, 6.07) is 10.5. The second-order valence-corrected chi connectivity index (χ2v) is 11.0. The molecule has 2 aromatic carbocycles. The number of benzene rings is 2. The Kier molecular flexibility index (Phi) is 6.38. The quantitative estimate of drug-likeness (QED) is 0.605. The Morgan fingerprint density at radius 2 is 1.86 bits per heavy atom. The van der Waals surface area contributed by atoms with Gasteiger partial charge in [-0.15, -0.1) is 0 Å². The molecule has 0 saturated carbocycles. The first kappa shape index (κ1) is 23.9. The van der Waals surface area contributed by atoms with Crippen LogP contribution >= 0.6 is 0 Å². The van der Waals surface area contributed by atoms with Gasteiger partial charge in [-0.2, -0.15) is 0 Å². The number of carbonyl (C=O) groups excluding carboxylic acids is 1. The standard InChI is InChI=1S/C28H35FN2O4/c1-17(2)34-23-8-6-19(13-22(23)29)20-5-7-21-24(14-20)33-16-28(3,4)26(21)30-27(32)35-25-15-31-11-9-18(25)10-12-31/h5-8,13-14,17-18,25-26H,9-12,15-16H2,1-4H3,(H,30,32)/t25-,26?/m0/s1. The van der Waals surface area contributed by atoms with E-state index >= 15 is 0 Å². The average Bonchev–Trinajstić information content (AvgIpc) is 2.82. The third-order valence-corrected chi connectivity index (χ3v) is 7.45. The Hall–Kier alpha value is -2.80. The van der Waals surface area contributed by atoms with Crippen LogP contribution in [0.15, 0.2) is 36.4 Å². The van der Waals surface area contributed by atoms with Gasteiger partial charge in [0, 0.05) is 17.5 Å². The van der Waals surface area contributed by atoms with Crippen molar-refractivity contribution in [3.8, 4) is 22.6 Å². The highest BCUT2D eigenvalue weighted by Crippen LogP contribution is 2.44. The predicted octanol–water partition coefficient (Wildman–Crippen LogP) is 5.56. The molecule has 2 aromatic rings. The maximum absolute atomic E-state index is 14.6. The van der Waals surface area contributed by atoms with E-state index in [2.05, 4.69) is 24.1 Å². The van der Waals surface area contributed by atoms with E-state index < -0.39 is 5.82 Å². The van der Waals surface area contributed by atoms with Crippen molar-refractivity contribution in [2.45, 2.75) is 58.8 Å². The summed E-state index contributed by atoms with van der Waals surface area (Å²) in [6.07, 6.45) is 1.67. The van der Waals surface area contributed by atoms with Crippen LogP contribution in [0.4, 0.5) is 9.18 Å². The van der Waals surface area contributed by atoms with Crippen LogP contribution in [0.2, 0.25) is 0 Å². The normalized spacial score (nSPS) is 26.6. The molecule has 6 rings (SSSR count). The van der Waals surface area contributed by atoms with Crippen molar-refractivity contribution < 1.29 is 23.4 Å². The monoisotopic (exact) mass is 482 g/mol. The van der Waals surface area contributed by atoms with Gasteiger partial charge in [0.2, 0.25) is 0 Å². The van der Waals surface area contributed by atoms with E-state index in [9.17, 15) is 9.18 Å². The van der Waals surface area contributed by atoms with E-state index in [0.29, 0.717) is 18.3 Å². The van der Waals surface area contributed by atoms with Crippen molar-refractivity contribution in [3.05, 3.63) is 47.8 Å². The summed E-state index contributed by atoms with van der Waals surface area (Å²) >= 11 is 0. The molecule has 1 amide bonds. The number of hydrogen-bond donors (Lipinski definition) is 1. The van der Waals surface area contributed by atoms with Crippen molar-refractivity contribution >= 4 is 6.09 Å². The van der Waals surface area contributed by atoms with Crippen LogP contribution in [-0.2, 0) is 4.74 Å². The zero-order valence-electron chi connectivity index (χ0n) is 21.0. The molecule has 4 heterocycles. The van der Waals surface area contributed by atoms with Gasteiger partial charge in [0.1, 0.15) is 11.9 Å². The number of rotatable bonds is 5. The molecule has 7 heteroatoms. The van der Waals surface area contributed by atoms with Crippen molar-refractivity contribution in [1.82, 2.24) is 10.2 Å². The number of amides is 1. The summed E-state index contributed by atoms with van der Waals surface area (Å²) in [5.74, 6) is 0.996. The summed E-state index contributed by atoms with van der Waals surface area (Å²) in [7, 11) is 0. The van der Waals surface area contributed by atoms with Crippen molar-refractivity contribution in [3.63, 3.8) is 0 Å². The van der Waals surface area contributed by atoms with Crippen LogP contribution < -0.4 is 14.8 Å². The molecule has 1 unspecified atom stereocenters. The summed E-state index contributed by atoms with van der Waals surface area (Å²) in [4.78, 5) is 15.3. The van der Waals surface area contributed by atoms with Crippen LogP contribution in [0.1, 0.15) is 52.1 Å². The Morgan fingerprint density at radius 3 is 2.51 bits per heavy atom. The number of nitrogens with one attached hydrogen (secondary N) is 1. The molecule has 188 valence electrons. The number of piperidine rings is 3. The van der Waals surface area contributed by atoms with Crippen LogP contribution in [0.5, 0.6) is 11.5 Å². The van der Waals surface area contributed by atoms with E-state index in [1.165, 1.54) is 6.07 Å². The molecule has 3 saturated heterocycles. The molecule has 0 radical (unpaired) electrons. The highest BCUT2D eigenvalue weighted by Gasteiger charge is 2.41. The number of halogens is 1. The molecule has 2 atom stereocenters. The van der Waals surface area contributed by atoms with E-state index in [1.807, 2.05) is 38.1 Å². The number of hydrogen-bond acceptors (Lipinski definition) is 5. The second-order valence-electron chi connectivity index (χ2n) is 11.0. The van der Waals surface area contributed by atoms with Gasteiger partial charge in [0.05, 0.1) is 18.8 Å². The Balaban J connectivity index is 1.34. The van der Waals surface area contributed by atoms with Gasteiger partial charge in [0.15, 0.2) is 11.6 Å². The largest absolute Gasteiger partial charge is 0.493 e. The molecule has 6 nitrogen and oxygen atoms in total. The predicted molar refractivity (Wildman–Crippen MR) is 132 cm³/mol. The van der Waals surface area contributed by atoms with Crippen LogP contribution in [-0.4, -0.2) is 49.4 Å². The zero-order chi connectivity index (χ0) is 24.7. The summed E-state index contributed by atoms with van der Waals surface area (Å²) in [6.45, 7) is 11.4. The summed E-state index contributed by atoms with van der Waals surface area (Å²) < 4.78 is 32.1.